The van der Waals surface area contributed by atoms with Crippen LogP contribution in [0.4, 0.5) is 8.78 Å². The Labute approximate surface area is 215 Å². The number of halogens is 2. The zero-order valence-corrected chi connectivity index (χ0v) is 21.0. The lowest BCUT2D eigenvalue weighted by molar-refractivity contribution is -0.0507. The van der Waals surface area contributed by atoms with Crippen LogP contribution in [0.15, 0.2) is 36.4 Å². The van der Waals surface area contributed by atoms with Gasteiger partial charge in [0.2, 0.25) is 0 Å². The molecule has 2 aromatic carbocycles. The van der Waals surface area contributed by atoms with E-state index >= 15 is 0 Å². The zero-order chi connectivity index (χ0) is 25.9. The number of alkyl halides is 2. The summed E-state index contributed by atoms with van der Waals surface area (Å²) in [6.45, 7) is 1.31. The molecule has 1 fully saturated rings. The van der Waals surface area contributed by atoms with Gasteiger partial charge in [-0.25, -0.2) is 4.98 Å². The van der Waals surface area contributed by atoms with Gasteiger partial charge in [0.05, 0.1) is 36.3 Å². The molecule has 9 heteroatoms. The number of imidazole rings is 1. The number of aromatic nitrogens is 2. The Morgan fingerprint density at radius 3 is 2.78 bits per heavy atom. The summed E-state index contributed by atoms with van der Waals surface area (Å²) in [6.07, 6.45) is 2.03. The van der Waals surface area contributed by atoms with Gasteiger partial charge in [-0.15, -0.1) is 0 Å². The van der Waals surface area contributed by atoms with E-state index in [4.69, 9.17) is 14.5 Å². The molecule has 0 bridgehead atoms. The number of fused-ring (bicyclic) bond motifs is 3. The van der Waals surface area contributed by atoms with Gasteiger partial charge in [-0.3, -0.25) is 14.6 Å². The molecule has 5 rings (SSSR count). The van der Waals surface area contributed by atoms with Gasteiger partial charge in [-0.05, 0) is 44.8 Å². The van der Waals surface area contributed by atoms with Crippen LogP contribution in [0.1, 0.15) is 52.2 Å². The van der Waals surface area contributed by atoms with E-state index in [9.17, 15) is 13.6 Å². The van der Waals surface area contributed by atoms with Gasteiger partial charge < -0.3 is 14.0 Å². The normalized spacial score (nSPS) is 19.7. The molecule has 0 aliphatic carbocycles. The highest BCUT2D eigenvalue weighted by molar-refractivity contribution is 5.82. The lowest BCUT2D eigenvalue weighted by Crippen LogP contribution is -2.36. The molecular formula is C28H30F2N4O3. The molecule has 0 N–H and O–H groups in total. The van der Waals surface area contributed by atoms with E-state index in [1.165, 1.54) is 6.07 Å². The first-order valence-electron chi connectivity index (χ1n) is 12.5. The third kappa shape index (κ3) is 5.23. The molecular weight excluding hydrogens is 478 g/mol. The summed E-state index contributed by atoms with van der Waals surface area (Å²) < 4.78 is 38.9. The first-order valence-corrected chi connectivity index (χ1v) is 12.5. The van der Waals surface area contributed by atoms with Gasteiger partial charge in [-0.1, -0.05) is 24.0 Å². The van der Waals surface area contributed by atoms with Crippen LogP contribution in [0.5, 0.6) is 5.75 Å². The molecule has 3 aromatic rings. The molecule has 0 spiro atoms. The fourth-order valence-electron chi connectivity index (χ4n) is 5.29. The van der Waals surface area contributed by atoms with Crippen molar-refractivity contribution in [2.24, 2.45) is 0 Å². The van der Waals surface area contributed by atoms with Crippen molar-refractivity contribution in [1.82, 2.24) is 19.4 Å². The minimum atomic E-state index is -3.00. The van der Waals surface area contributed by atoms with Gasteiger partial charge in [0.15, 0.2) is 6.29 Å². The van der Waals surface area contributed by atoms with Gasteiger partial charge in [0.1, 0.15) is 11.6 Å². The summed E-state index contributed by atoms with van der Waals surface area (Å²) in [6, 6.07) is 10.1. The summed E-state index contributed by atoms with van der Waals surface area (Å²) in [7, 11) is 3.93. The third-order valence-corrected chi connectivity index (χ3v) is 7.06. The van der Waals surface area contributed by atoms with Crippen LogP contribution in [0.3, 0.4) is 0 Å². The number of hydrogen-bond donors (Lipinski definition) is 0. The van der Waals surface area contributed by atoms with Gasteiger partial charge in [0, 0.05) is 42.7 Å². The van der Waals surface area contributed by atoms with Crippen LogP contribution < -0.4 is 4.74 Å². The first-order chi connectivity index (χ1) is 18.0. The standard InChI is InChI=1S/C28H30F2N4O3/c1-32(2)24-17-23(26-20(18-35)7-5-8-25(26)37-28(29)30)34-22-16-19(9-10-21(22)31-27(24)34)6-3-4-11-33-12-14-36-15-13-33/h5,7-10,16,18,23-24,28H,4,11-15,17H2,1-2H3/t23-,24?/m1/s1. The summed E-state index contributed by atoms with van der Waals surface area (Å²) in [4.78, 5) is 21.3. The third-order valence-electron chi connectivity index (χ3n) is 7.06. The van der Waals surface area contributed by atoms with E-state index in [1.807, 2.05) is 32.3 Å². The Hall–Kier alpha value is -3.32. The number of carbonyl (C=O) groups is 1. The van der Waals surface area contributed by atoms with E-state index in [0.29, 0.717) is 23.8 Å². The number of ether oxygens (including phenoxy) is 2. The summed E-state index contributed by atoms with van der Waals surface area (Å²) in [5.41, 5.74) is 3.29. The predicted molar refractivity (Wildman–Crippen MR) is 136 cm³/mol. The smallest absolute Gasteiger partial charge is 0.387 e. The second kappa shape index (κ2) is 11.0. The molecule has 0 saturated carbocycles. The maximum absolute atomic E-state index is 13.3. The van der Waals surface area contributed by atoms with E-state index < -0.39 is 12.7 Å². The number of hydrogen-bond acceptors (Lipinski definition) is 6. The quantitative estimate of drug-likeness (QED) is 0.354. The summed E-state index contributed by atoms with van der Waals surface area (Å²) >= 11 is 0. The van der Waals surface area contributed by atoms with Crippen LogP contribution in [0.25, 0.3) is 11.0 Å². The van der Waals surface area contributed by atoms with Crippen LogP contribution in [-0.4, -0.2) is 79.2 Å². The van der Waals surface area contributed by atoms with E-state index in [2.05, 4.69) is 26.2 Å². The maximum atomic E-state index is 13.3. The van der Waals surface area contributed by atoms with E-state index in [0.717, 1.165) is 61.7 Å². The van der Waals surface area contributed by atoms with Gasteiger partial charge in [0.25, 0.3) is 0 Å². The zero-order valence-electron chi connectivity index (χ0n) is 21.0. The molecule has 1 saturated heterocycles. The van der Waals surface area contributed by atoms with Crippen molar-refractivity contribution in [3.8, 4) is 17.6 Å². The largest absolute Gasteiger partial charge is 0.434 e. The number of rotatable bonds is 7. The highest BCUT2D eigenvalue weighted by Crippen LogP contribution is 2.46. The lowest BCUT2D eigenvalue weighted by atomic mass is 9.96. The molecule has 2 atom stereocenters. The van der Waals surface area contributed by atoms with Gasteiger partial charge >= 0.3 is 6.61 Å². The second-order valence-electron chi connectivity index (χ2n) is 9.54. The number of morpholine rings is 1. The SMILES string of the molecule is CN(C)C1C[C@H](c2c(C=O)cccc2OC(F)F)n2c1nc1ccc(C#CCCN3CCOCC3)cc12. The van der Waals surface area contributed by atoms with Crippen molar-refractivity contribution in [2.75, 3.05) is 46.9 Å². The summed E-state index contributed by atoms with van der Waals surface area (Å²) in [5.74, 6) is 7.37. The molecule has 2 aliphatic heterocycles. The van der Waals surface area contributed by atoms with Crippen LogP contribution in [0.2, 0.25) is 0 Å². The lowest BCUT2D eigenvalue weighted by Gasteiger charge is -2.25. The van der Waals surface area contributed by atoms with Gasteiger partial charge in [-0.2, -0.15) is 8.78 Å². The number of aldehydes is 1. The highest BCUT2D eigenvalue weighted by atomic mass is 19.3. The maximum Gasteiger partial charge on any atom is 0.387 e. The van der Waals surface area contributed by atoms with Crippen LogP contribution in [-0.2, 0) is 4.74 Å². The molecule has 37 heavy (non-hydrogen) atoms. The van der Waals surface area contributed by atoms with Crippen molar-refractivity contribution in [1.29, 1.82) is 0 Å². The van der Waals surface area contributed by atoms with Crippen molar-refractivity contribution < 1.29 is 23.0 Å². The predicted octanol–water partition coefficient (Wildman–Crippen LogP) is 4.12. The van der Waals surface area contributed by atoms with E-state index in [-0.39, 0.29) is 11.8 Å². The number of carbonyl (C=O) groups excluding carboxylic acids is 1. The molecule has 3 heterocycles. The van der Waals surface area contributed by atoms with Crippen molar-refractivity contribution in [2.45, 2.75) is 31.5 Å². The molecule has 1 unspecified atom stereocenters. The number of nitrogens with zero attached hydrogens (tertiary/aromatic N) is 4. The Morgan fingerprint density at radius 2 is 2.05 bits per heavy atom. The monoisotopic (exact) mass is 508 g/mol. The Kier molecular flexibility index (Phi) is 7.51. The summed E-state index contributed by atoms with van der Waals surface area (Å²) in [5, 5.41) is 0. The van der Waals surface area contributed by atoms with Crippen LogP contribution >= 0.6 is 0 Å². The topological polar surface area (TPSA) is 59.8 Å². The highest BCUT2D eigenvalue weighted by Gasteiger charge is 2.38. The molecule has 1 aromatic heterocycles. The Bertz CT molecular complexity index is 1340. The fraction of sp³-hybridized carbons (Fsp3) is 0.429. The van der Waals surface area contributed by atoms with Crippen molar-refractivity contribution >= 4 is 17.3 Å². The molecule has 0 radical (unpaired) electrons. The molecule has 7 nitrogen and oxygen atoms in total. The number of benzene rings is 2. The molecule has 2 aliphatic rings. The second-order valence-corrected chi connectivity index (χ2v) is 9.54. The minimum Gasteiger partial charge on any atom is -0.434 e. The molecule has 0 amide bonds. The average Bonchev–Trinajstić information content (AvgIpc) is 3.44. The Balaban J connectivity index is 1.52. The Morgan fingerprint density at radius 1 is 1.24 bits per heavy atom. The first kappa shape index (κ1) is 25.3. The average molecular weight is 509 g/mol. The van der Waals surface area contributed by atoms with Crippen molar-refractivity contribution in [3.05, 3.63) is 58.9 Å². The minimum absolute atomic E-state index is 0.0101. The van der Waals surface area contributed by atoms with Crippen LogP contribution in [0, 0.1) is 11.8 Å². The fourth-order valence-corrected chi connectivity index (χ4v) is 5.29. The van der Waals surface area contributed by atoms with Crippen molar-refractivity contribution in [3.63, 3.8) is 0 Å². The molecule has 194 valence electrons. The van der Waals surface area contributed by atoms with E-state index in [1.54, 1.807) is 12.1 Å².